The zero-order valence-electron chi connectivity index (χ0n) is 10.2. The van der Waals surface area contributed by atoms with Crippen molar-refractivity contribution in [3.05, 3.63) is 18.2 Å². The van der Waals surface area contributed by atoms with Crippen LogP contribution in [0.3, 0.4) is 0 Å². The molecule has 1 aromatic carbocycles. The molecule has 0 saturated carbocycles. The second kappa shape index (κ2) is 4.95. The van der Waals surface area contributed by atoms with Crippen LogP contribution in [0.1, 0.15) is 0 Å². The van der Waals surface area contributed by atoms with Gasteiger partial charge >= 0.3 is 11.8 Å². The number of amides is 2. The summed E-state index contributed by atoms with van der Waals surface area (Å²) in [5.74, 6) is -0.0477. The molecular formula is C12H14N2O4. The molecule has 1 aromatic rings. The molecule has 6 nitrogen and oxygen atoms in total. The molecule has 96 valence electrons. The van der Waals surface area contributed by atoms with Gasteiger partial charge in [-0.2, -0.15) is 0 Å². The minimum atomic E-state index is -0.587. The lowest BCUT2D eigenvalue weighted by molar-refractivity contribution is -0.138. The van der Waals surface area contributed by atoms with Gasteiger partial charge in [0.2, 0.25) is 0 Å². The van der Waals surface area contributed by atoms with Crippen LogP contribution in [0.4, 0.5) is 5.69 Å². The highest BCUT2D eigenvalue weighted by atomic mass is 16.5. The molecule has 2 rings (SSSR count). The predicted molar refractivity (Wildman–Crippen MR) is 64.9 cm³/mol. The third-order valence-electron chi connectivity index (χ3n) is 2.74. The summed E-state index contributed by atoms with van der Waals surface area (Å²) in [4.78, 5) is 24.4. The Balaban J connectivity index is 2.33. The van der Waals surface area contributed by atoms with Crippen LogP contribution in [0.15, 0.2) is 18.2 Å². The number of hydrogen-bond donors (Lipinski definition) is 1. The largest absolute Gasteiger partial charge is 0.493 e. The number of piperazine rings is 1. The fraction of sp³-hybridized carbons (Fsp3) is 0.333. The minimum absolute atomic E-state index is 0.443. The maximum Gasteiger partial charge on any atom is 0.316 e. The molecule has 0 aliphatic carbocycles. The molecule has 0 spiro atoms. The van der Waals surface area contributed by atoms with Crippen LogP contribution in [0.25, 0.3) is 0 Å². The van der Waals surface area contributed by atoms with Crippen LogP contribution in [0.2, 0.25) is 0 Å². The molecule has 18 heavy (non-hydrogen) atoms. The van der Waals surface area contributed by atoms with Crippen LogP contribution in [-0.4, -0.2) is 39.1 Å². The molecule has 0 bridgehead atoms. The van der Waals surface area contributed by atoms with Crippen molar-refractivity contribution in [1.29, 1.82) is 0 Å². The number of ether oxygens (including phenoxy) is 2. The van der Waals surface area contributed by atoms with Crippen molar-refractivity contribution in [2.24, 2.45) is 0 Å². The smallest absolute Gasteiger partial charge is 0.316 e. The molecule has 1 aliphatic rings. The van der Waals surface area contributed by atoms with E-state index in [4.69, 9.17) is 9.47 Å². The van der Waals surface area contributed by atoms with Crippen molar-refractivity contribution in [3.63, 3.8) is 0 Å². The van der Waals surface area contributed by atoms with Crippen LogP contribution in [0.5, 0.6) is 11.5 Å². The van der Waals surface area contributed by atoms with Gasteiger partial charge in [-0.05, 0) is 12.1 Å². The summed E-state index contributed by atoms with van der Waals surface area (Å²) in [6.45, 7) is 0.888. The molecule has 0 atom stereocenters. The number of carbonyl (C=O) groups is 2. The highest BCUT2D eigenvalue weighted by Gasteiger charge is 2.27. The van der Waals surface area contributed by atoms with Gasteiger partial charge in [0.25, 0.3) is 0 Å². The van der Waals surface area contributed by atoms with Gasteiger partial charge in [-0.1, -0.05) is 0 Å². The number of hydrogen-bond acceptors (Lipinski definition) is 4. The maximum atomic E-state index is 11.7. The van der Waals surface area contributed by atoms with Crippen LogP contribution < -0.4 is 19.7 Å². The molecular weight excluding hydrogens is 236 g/mol. The van der Waals surface area contributed by atoms with Crippen molar-refractivity contribution in [1.82, 2.24) is 5.32 Å². The van der Waals surface area contributed by atoms with Gasteiger partial charge in [-0.25, -0.2) is 0 Å². The second-order valence-electron chi connectivity index (χ2n) is 3.75. The van der Waals surface area contributed by atoms with Crippen molar-refractivity contribution >= 4 is 17.5 Å². The number of rotatable bonds is 3. The number of nitrogens with zero attached hydrogens (tertiary/aromatic N) is 1. The van der Waals surface area contributed by atoms with Gasteiger partial charge in [0.15, 0.2) is 11.5 Å². The third kappa shape index (κ3) is 2.09. The average Bonchev–Trinajstić information content (AvgIpc) is 2.41. The van der Waals surface area contributed by atoms with E-state index in [1.807, 2.05) is 0 Å². The van der Waals surface area contributed by atoms with E-state index >= 15 is 0 Å². The summed E-state index contributed by atoms with van der Waals surface area (Å²) >= 11 is 0. The zero-order valence-corrected chi connectivity index (χ0v) is 10.2. The topological polar surface area (TPSA) is 67.9 Å². The SMILES string of the molecule is COc1ccc(N2CCNC(=O)C2=O)cc1OC. The first-order valence-corrected chi connectivity index (χ1v) is 5.49. The molecule has 0 aromatic heterocycles. The molecule has 2 amide bonds. The zero-order chi connectivity index (χ0) is 13.1. The summed E-state index contributed by atoms with van der Waals surface area (Å²) in [7, 11) is 3.06. The Kier molecular flexibility index (Phi) is 3.36. The van der Waals surface area contributed by atoms with Gasteiger partial charge in [-0.15, -0.1) is 0 Å². The highest BCUT2D eigenvalue weighted by molar-refractivity contribution is 6.41. The van der Waals surface area contributed by atoms with Crippen LogP contribution in [0, 0.1) is 0 Å². The third-order valence-corrected chi connectivity index (χ3v) is 2.74. The van der Waals surface area contributed by atoms with E-state index in [9.17, 15) is 9.59 Å². The van der Waals surface area contributed by atoms with E-state index in [-0.39, 0.29) is 0 Å². The number of carbonyl (C=O) groups excluding carboxylic acids is 2. The van der Waals surface area contributed by atoms with E-state index < -0.39 is 11.8 Å². The lowest BCUT2D eigenvalue weighted by Gasteiger charge is -2.26. The molecule has 1 heterocycles. The fourth-order valence-electron chi connectivity index (χ4n) is 1.82. The van der Waals surface area contributed by atoms with Gasteiger partial charge in [0.1, 0.15) is 0 Å². The summed E-state index contributed by atoms with van der Waals surface area (Å²) in [6.07, 6.45) is 0. The molecule has 0 unspecified atom stereocenters. The molecule has 1 N–H and O–H groups in total. The average molecular weight is 250 g/mol. The van der Waals surface area contributed by atoms with Gasteiger partial charge in [0, 0.05) is 24.8 Å². The first kappa shape index (κ1) is 12.2. The normalized spacial score (nSPS) is 15.3. The standard InChI is InChI=1S/C12H14N2O4/c1-17-9-4-3-8(7-10(9)18-2)14-6-5-13-11(15)12(14)16/h3-4,7H,5-6H2,1-2H3,(H,13,15). The van der Waals surface area contributed by atoms with Gasteiger partial charge in [0.05, 0.1) is 14.2 Å². The molecule has 1 aliphatic heterocycles. The Morgan fingerprint density at radius 2 is 1.89 bits per heavy atom. The first-order valence-electron chi connectivity index (χ1n) is 5.49. The Labute approximate surface area is 104 Å². The monoisotopic (exact) mass is 250 g/mol. The predicted octanol–water partition coefficient (Wildman–Crippen LogP) is 0.167. The number of benzene rings is 1. The van der Waals surface area contributed by atoms with Crippen molar-refractivity contribution in [3.8, 4) is 11.5 Å². The molecule has 0 radical (unpaired) electrons. The molecule has 1 fully saturated rings. The quantitative estimate of drug-likeness (QED) is 0.776. The van der Waals surface area contributed by atoms with Crippen LogP contribution >= 0.6 is 0 Å². The Morgan fingerprint density at radius 3 is 2.56 bits per heavy atom. The summed E-state index contributed by atoms with van der Waals surface area (Å²) in [5, 5.41) is 2.50. The van der Waals surface area contributed by atoms with E-state index in [0.717, 1.165) is 0 Å². The number of anilines is 1. The highest BCUT2D eigenvalue weighted by Crippen LogP contribution is 2.31. The van der Waals surface area contributed by atoms with Crippen molar-refractivity contribution < 1.29 is 19.1 Å². The fourth-order valence-corrected chi connectivity index (χ4v) is 1.82. The Hall–Kier alpha value is -2.24. The van der Waals surface area contributed by atoms with E-state index in [1.165, 1.54) is 19.1 Å². The van der Waals surface area contributed by atoms with E-state index in [2.05, 4.69) is 5.32 Å². The Bertz CT molecular complexity index is 487. The van der Waals surface area contributed by atoms with E-state index in [0.29, 0.717) is 30.3 Å². The first-order chi connectivity index (χ1) is 8.67. The molecule has 6 heteroatoms. The lowest BCUT2D eigenvalue weighted by atomic mass is 10.2. The van der Waals surface area contributed by atoms with Crippen LogP contribution in [-0.2, 0) is 9.59 Å². The van der Waals surface area contributed by atoms with Gasteiger partial charge < -0.3 is 19.7 Å². The second-order valence-corrected chi connectivity index (χ2v) is 3.75. The van der Waals surface area contributed by atoms with E-state index in [1.54, 1.807) is 18.2 Å². The summed E-state index contributed by atoms with van der Waals surface area (Å²) < 4.78 is 10.3. The summed E-state index contributed by atoms with van der Waals surface area (Å²) in [6, 6.07) is 5.10. The number of methoxy groups -OCH3 is 2. The Morgan fingerprint density at radius 1 is 1.17 bits per heavy atom. The maximum absolute atomic E-state index is 11.7. The summed E-state index contributed by atoms with van der Waals surface area (Å²) in [5.41, 5.74) is 0.618. The molecule has 1 saturated heterocycles. The lowest BCUT2D eigenvalue weighted by Crippen LogP contribution is -2.52. The number of nitrogens with one attached hydrogen (secondary N) is 1. The van der Waals surface area contributed by atoms with Crippen molar-refractivity contribution in [2.75, 3.05) is 32.2 Å². The van der Waals surface area contributed by atoms with Gasteiger partial charge in [-0.3, -0.25) is 9.59 Å². The van der Waals surface area contributed by atoms with Crippen molar-refractivity contribution in [2.45, 2.75) is 0 Å². The minimum Gasteiger partial charge on any atom is -0.493 e.